The van der Waals surface area contributed by atoms with Gasteiger partial charge in [-0.25, -0.2) is 0 Å². The van der Waals surface area contributed by atoms with Gasteiger partial charge in [-0.05, 0) is 61.8 Å². The molecule has 3 N–H and O–H groups in total. The zero-order valence-electron chi connectivity index (χ0n) is 11.8. The molecule has 104 valence electrons. The maximum absolute atomic E-state index is 9.87. The zero-order valence-corrected chi connectivity index (χ0v) is 12.6. The van der Waals surface area contributed by atoms with E-state index in [9.17, 15) is 5.11 Å². The van der Waals surface area contributed by atoms with Crippen LogP contribution in [0.1, 0.15) is 16.7 Å². The Hall–Kier alpha value is -2.07. The number of aryl methyl sites for hydroxylation is 3. The van der Waals surface area contributed by atoms with Crippen molar-refractivity contribution in [2.45, 2.75) is 20.8 Å². The van der Waals surface area contributed by atoms with Crippen molar-refractivity contribution in [3.8, 4) is 5.75 Å². The van der Waals surface area contributed by atoms with Gasteiger partial charge in [0.05, 0.1) is 5.69 Å². The molecule has 0 atom stereocenters. The third-order valence-corrected chi connectivity index (χ3v) is 3.33. The Labute approximate surface area is 124 Å². The summed E-state index contributed by atoms with van der Waals surface area (Å²) in [5.74, 6) is 0.190. The maximum atomic E-state index is 9.87. The van der Waals surface area contributed by atoms with Crippen molar-refractivity contribution >= 4 is 28.7 Å². The molecule has 0 unspecified atom stereocenters. The van der Waals surface area contributed by atoms with E-state index in [-0.39, 0.29) is 5.75 Å². The van der Waals surface area contributed by atoms with Gasteiger partial charge in [-0.3, -0.25) is 0 Å². The highest BCUT2D eigenvalue weighted by Gasteiger charge is 2.06. The summed E-state index contributed by atoms with van der Waals surface area (Å²) in [4.78, 5) is 0. The molecule has 0 aliphatic carbocycles. The number of nitrogens with one attached hydrogen (secondary N) is 2. The average molecular weight is 286 g/mol. The number of para-hydroxylation sites is 1. The van der Waals surface area contributed by atoms with E-state index in [4.69, 9.17) is 12.2 Å². The molecule has 0 aromatic heterocycles. The predicted octanol–water partition coefficient (Wildman–Crippen LogP) is 4.13. The Kier molecular flexibility index (Phi) is 4.25. The molecule has 0 spiro atoms. The third-order valence-electron chi connectivity index (χ3n) is 3.12. The zero-order chi connectivity index (χ0) is 14.7. The van der Waals surface area contributed by atoms with Gasteiger partial charge in [-0.1, -0.05) is 24.3 Å². The van der Waals surface area contributed by atoms with Crippen molar-refractivity contribution in [3.63, 3.8) is 0 Å². The molecular formula is C16H18N2OS. The molecule has 20 heavy (non-hydrogen) atoms. The first kappa shape index (κ1) is 14.3. The fourth-order valence-electron chi connectivity index (χ4n) is 2.03. The van der Waals surface area contributed by atoms with Crippen LogP contribution in [0.15, 0.2) is 36.4 Å². The second kappa shape index (κ2) is 5.92. The molecule has 0 saturated carbocycles. The molecule has 0 fully saturated rings. The van der Waals surface area contributed by atoms with Gasteiger partial charge in [-0.15, -0.1) is 0 Å². The first-order valence-electron chi connectivity index (χ1n) is 6.41. The lowest BCUT2D eigenvalue weighted by Crippen LogP contribution is -2.20. The number of anilines is 2. The number of phenols is 1. The minimum atomic E-state index is 0.190. The molecule has 0 radical (unpaired) electrons. The van der Waals surface area contributed by atoms with E-state index in [1.807, 2.05) is 51.1 Å². The highest BCUT2D eigenvalue weighted by atomic mass is 32.1. The average Bonchev–Trinajstić information content (AvgIpc) is 2.37. The first-order chi connectivity index (χ1) is 9.47. The van der Waals surface area contributed by atoms with E-state index in [2.05, 4.69) is 10.6 Å². The highest BCUT2D eigenvalue weighted by molar-refractivity contribution is 7.80. The van der Waals surface area contributed by atoms with Crippen molar-refractivity contribution in [3.05, 3.63) is 53.1 Å². The molecule has 4 heteroatoms. The van der Waals surface area contributed by atoms with Crippen LogP contribution in [0.5, 0.6) is 5.75 Å². The van der Waals surface area contributed by atoms with Crippen molar-refractivity contribution in [1.82, 2.24) is 0 Å². The van der Waals surface area contributed by atoms with E-state index in [0.29, 0.717) is 10.8 Å². The minimum Gasteiger partial charge on any atom is -0.506 e. The Morgan fingerprint density at radius 1 is 1.00 bits per heavy atom. The summed E-state index contributed by atoms with van der Waals surface area (Å²) in [6, 6.07) is 11.5. The van der Waals surface area contributed by atoms with Crippen LogP contribution in [0, 0.1) is 20.8 Å². The fraction of sp³-hybridized carbons (Fsp3) is 0.188. The van der Waals surface area contributed by atoms with Crippen molar-refractivity contribution in [2.24, 2.45) is 0 Å². The van der Waals surface area contributed by atoms with E-state index >= 15 is 0 Å². The highest BCUT2D eigenvalue weighted by Crippen LogP contribution is 2.25. The van der Waals surface area contributed by atoms with Gasteiger partial charge >= 0.3 is 0 Å². The largest absolute Gasteiger partial charge is 0.506 e. The SMILES string of the molecule is Cc1ccc(NC(=S)Nc2c(C)cccc2C)c(O)c1. The van der Waals surface area contributed by atoms with Crippen LogP contribution in [-0.4, -0.2) is 10.2 Å². The maximum Gasteiger partial charge on any atom is 0.175 e. The summed E-state index contributed by atoms with van der Waals surface area (Å²) in [5.41, 5.74) is 4.85. The Balaban J connectivity index is 2.13. The van der Waals surface area contributed by atoms with Gasteiger partial charge in [0, 0.05) is 5.69 Å². The van der Waals surface area contributed by atoms with Crippen LogP contribution in [0.4, 0.5) is 11.4 Å². The lowest BCUT2D eigenvalue weighted by molar-refractivity contribution is 0.477. The summed E-state index contributed by atoms with van der Waals surface area (Å²) in [6.07, 6.45) is 0. The van der Waals surface area contributed by atoms with Crippen molar-refractivity contribution in [1.29, 1.82) is 0 Å². The summed E-state index contributed by atoms with van der Waals surface area (Å²) >= 11 is 5.30. The molecule has 0 saturated heterocycles. The van der Waals surface area contributed by atoms with Crippen LogP contribution < -0.4 is 10.6 Å². The van der Waals surface area contributed by atoms with Gasteiger partial charge in [0.15, 0.2) is 5.11 Å². The van der Waals surface area contributed by atoms with Gasteiger partial charge in [-0.2, -0.15) is 0 Å². The summed E-state index contributed by atoms with van der Waals surface area (Å²) < 4.78 is 0. The van der Waals surface area contributed by atoms with Gasteiger partial charge in [0.25, 0.3) is 0 Å². The van der Waals surface area contributed by atoms with E-state index < -0.39 is 0 Å². The molecule has 2 aromatic rings. The van der Waals surface area contributed by atoms with Gasteiger partial charge < -0.3 is 15.7 Å². The topological polar surface area (TPSA) is 44.3 Å². The van der Waals surface area contributed by atoms with Crippen LogP contribution in [-0.2, 0) is 0 Å². The lowest BCUT2D eigenvalue weighted by atomic mass is 10.1. The van der Waals surface area contributed by atoms with Crippen molar-refractivity contribution in [2.75, 3.05) is 10.6 Å². The number of phenolic OH excluding ortho intramolecular Hbond substituents is 1. The molecular weight excluding hydrogens is 268 g/mol. The monoisotopic (exact) mass is 286 g/mol. The van der Waals surface area contributed by atoms with E-state index in [0.717, 1.165) is 22.4 Å². The van der Waals surface area contributed by atoms with Crippen molar-refractivity contribution < 1.29 is 5.11 Å². The summed E-state index contributed by atoms with van der Waals surface area (Å²) in [5, 5.41) is 16.5. The van der Waals surface area contributed by atoms with Crippen LogP contribution in [0.3, 0.4) is 0 Å². The van der Waals surface area contributed by atoms with E-state index in [1.54, 1.807) is 6.07 Å². The molecule has 0 bridgehead atoms. The van der Waals surface area contributed by atoms with Crippen LogP contribution >= 0.6 is 12.2 Å². The first-order valence-corrected chi connectivity index (χ1v) is 6.82. The normalized spacial score (nSPS) is 10.2. The third kappa shape index (κ3) is 3.27. The Bertz CT molecular complexity index is 633. The van der Waals surface area contributed by atoms with Gasteiger partial charge in [0.1, 0.15) is 5.75 Å². The summed E-state index contributed by atoms with van der Waals surface area (Å²) in [6.45, 7) is 5.99. The number of hydrogen-bond acceptors (Lipinski definition) is 2. The van der Waals surface area contributed by atoms with E-state index in [1.165, 1.54) is 0 Å². The molecule has 0 aliphatic rings. The number of benzene rings is 2. The Morgan fingerprint density at radius 2 is 1.65 bits per heavy atom. The Morgan fingerprint density at radius 3 is 2.25 bits per heavy atom. The minimum absolute atomic E-state index is 0.190. The van der Waals surface area contributed by atoms with Crippen LogP contribution in [0.2, 0.25) is 0 Å². The fourth-order valence-corrected chi connectivity index (χ4v) is 2.24. The quantitative estimate of drug-likeness (QED) is 0.574. The number of rotatable bonds is 2. The predicted molar refractivity (Wildman–Crippen MR) is 88.6 cm³/mol. The van der Waals surface area contributed by atoms with Gasteiger partial charge in [0.2, 0.25) is 0 Å². The smallest absolute Gasteiger partial charge is 0.175 e. The molecule has 0 heterocycles. The second-order valence-electron chi connectivity index (χ2n) is 4.87. The molecule has 2 aromatic carbocycles. The second-order valence-corrected chi connectivity index (χ2v) is 5.27. The molecule has 2 rings (SSSR count). The molecule has 3 nitrogen and oxygen atoms in total. The molecule has 0 aliphatic heterocycles. The summed E-state index contributed by atoms with van der Waals surface area (Å²) in [7, 11) is 0. The number of hydrogen-bond donors (Lipinski definition) is 3. The number of aromatic hydroxyl groups is 1. The number of thiocarbonyl (C=S) groups is 1. The lowest BCUT2D eigenvalue weighted by Gasteiger charge is -2.15. The van der Waals surface area contributed by atoms with Crippen LogP contribution in [0.25, 0.3) is 0 Å². The standard InChI is InChI=1S/C16H18N2OS/c1-10-7-8-13(14(19)9-10)17-16(20)18-15-11(2)5-4-6-12(15)3/h4-9,19H,1-3H3,(H2,17,18,20). The molecule has 0 amide bonds.